The predicted octanol–water partition coefficient (Wildman–Crippen LogP) is 0.326. The van der Waals surface area contributed by atoms with Crippen LogP contribution < -0.4 is 20.6 Å². The third-order valence-corrected chi connectivity index (χ3v) is 2.04. The number of thiocarbonyl (C=S) groups is 1. The fraction of sp³-hybridized carbons (Fsp3) is 0.182. The van der Waals surface area contributed by atoms with Gasteiger partial charge in [-0.2, -0.15) is 5.10 Å². The van der Waals surface area contributed by atoms with Crippen LogP contribution in [0.3, 0.4) is 0 Å². The summed E-state index contributed by atoms with van der Waals surface area (Å²) in [6.07, 6.45) is 1.40. The van der Waals surface area contributed by atoms with E-state index in [9.17, 15) is 4.79 Å². The highest BCUT2D eigenvalue weighted by Gasteiger charge is 2.10. The zero-order valence-corrected chi connectivity index (χ0v) is 10.9. The minimum Gasteiger partial charge on any atom is -0.493 e. The number of hydrazone groups is 1. The second-order valence-corrected chi connectivity index (χ2v) is 3.74. The van der Waals surface area contributed by atoms with E-state index in [1.54, 1.807) is 18.2 Å². The molecule has 0 saturated carbocycles. The molecule has 0 aliphatic rings. The molecule has 0 unspecified atom stereocenters. The van der Waals surface area contributed by atoms with Gasteiger partial charge in [-0.15, -0.1) is 0 Å². The first kappa shape index (κ1) is 14.7. The maximum absolute atomic E-state index is 10.5. The number of nitrogens with one attached hydrogen (secondary N) is 1. The summed E-state index contributed by atoms with van der Waals surface area (Å²) in [5, 5.41) is 12.4. The van der Waals surface area contributed by atoms with Gasteiger partial charge in [-0.05, 0) is 24.4 Å². The van der Waals surface area contributed by atoms with Crippen molar-refractivity contribution >= 4 is 29.5 Å². The van der Waals surface area contributed by atoms with Crippen molar-refractivity contribution in [3.8, 4) is 11.5 Å². The van der Waals surface area contributed by atoms with Gasteiger partial charge < -0.3 is 20.3 Å². The zero-order chi connectivity index (χ0) is 14.3. The van der Waals surface area contributed by atoms with Crippen LogP contribution in [0.25, 0.3) is 0 Å². The van der Waals surface area contributed by atoms with Crippen molar-refractivity contribution in [1.82, 2.24) is 5.43 Å². The van der Waals surface area contributed by atoms with Crippen molar-refractivity contribution in [2.45, 2.75) is 0 Å². The number of ether oxygens (including phenoxy) is 2. The molecule has 0 atom stereocenters. The van der Waals surface area contributed by atoms with Crippen LogP contribution in [0.1, 0.15) is 5.56 Å². The number of para-hydroxylation sites is 1. The van der Waals surface area contributed by atoms with Gasteiger partial charge in [0, 0.05) is 5.56 Å². The Bertz CT molecular complexity index is 505. The smallest absolute Gasteiger partial charge is 0.341 e. The third kappa shape index (κ3) is 4.80. The van der Waals surface area contributed by atoms with Crippen LogP contribution >= 0.6 is 12.2 Å². The average Bonchev–Trinajstić information content (AvgIpc) is 2.36. The number of hydrogen-bond acceptors (Lipinski definition) is 5. The van der Waals surface area contributed by atoms with Crippen molar-refractivity contribution in [3.63, 3.8) is 0 Å². The first-order valence-electron chi connectivity index (χ1n) is 5.14. The summed E-state index contributed by atoms with van der Waals surface area (Å²) in [7, 11) is 1.46. The lowest BCUT2D eigenvalue weighted by Crippen LogP contribution is -2.24. The van der Waals surface area contributed by atoms with Crippen molar-refractivity contribution in [2.75, 3.05) is 13.7 Å². The summed E-state index contributed by atoms with van der Waals surface area (Å²) in [6.45, 7) is -0.482. The zero-order valence-electron chi connectivity index (χ0n) is 10.1. The lowest BCUT2D eigenvalue weighted by molar-refractivity contribution is -0.139. The van der Waals surface area contributed by atoms with E-state index in [1.807, 2.05) is 0 Å². The molecule has 1 aromatic carbocycles. The molecule has 0 amide bonds. The number of carbonyl (C=O) groups is 1. The molecule has 0 fully saturated rings. The molecule has 0 saturated heterocycles. The van der Waals surface area contributed by atoms with Crippen molar-refractivity contribution in [3.05, 3.63) is 23.8 Å². The topological polar surface area (TPSA) is 106 Å². The van der Waals surface area contributed by atoms with Gasteiger partial charge in [-0.25, -0.2) is 4.79 Å². The number of aliphatic carboxylic acids is 1. The molecular weight excluding hydrogens is 270 g/mol. The Labute approximate surface area is 115 Å². The monoisotopic (exact) mass is 283 g/mol. The van der Waals surface area contributed by atoms with Gasteiger partial charge >= 0.3 is 5.97 Å². The Kier molecular flexibility index (Phi) is 5.55. The van der Waals surface area contributed by atoms with Crippen LogP contribution in [0.5, 0.6) is 11.5 Å². The van der Waals surface area contributed by atoms with Crippen molar-refractivity contribution in [2.24, 2.45) is 10.8 Å². The molecule has 0 aliphatic heterocycles. The lowest BCUT2D eigenvalue weighted by atomic mass is 10.2. The molecule has 7 nitrogen and oxygen atoms in total. The molecule has 1 rings (SSSR count). The van der Waals surface area contributed by atoms with E-state index in [0.29, 0.717) is 11.3 Å². The molecule has 4 N–H and O–H groups in total. The summed E-state index contributed by atoms with van der Waals surface area (Å²) >= 11 is 4.60. The Morgan fingerprint density at radius 2 is 2.37 bits per heavy atom. The summed E-state index contributed by atoms with van der Waals surface area (Å²) in [6, 6.07) is 5.05. The van der Waals surface area contributed by atoms with E-state index in [4.69, 9.17) is 20.3 Å². The molecule has 1 aromatic rings. The summed E-state index contributed by atoms with van der Waals surface area (Å²) in [4.78, 5) is 10.5. The number of rotatable bonds is 6. The van der Waals surface area contributed by atoms with Gasteiger partial charge in [-0.1, -0.05) is 6.07 Å². The Balaban J connectivity index is 2.97. The standard InChI is InChI=1S/C11H13N3O4S/c1-17-8-4-2-3-7(5-13-14-11(12)19)10(8)18-6-9(15)16/h2-5H,6H2,1H3,(H,15,16)(H3,12,14,19). The molecular formula is C11H13N3O4S. The molecule has 0 aliphatic carbocycles. The van der Waals surface area contributed by atoms with E-state index in [0.717, 1.165) is 0 Å². The van der Waals surface area contributed by atoms with E-state index in [1.165, 1.54) is 13.3 Å². The number of methoxy groups -OCH3 is 1. The molecule has 0 bridgehead atoms. The van der Waals surface area contributed by atoms with Crippen LogP contribution in [0.15, 0.2) is 23.3 Å². The maximum Gasteiger partial charge on any atom is 0.341 e. The second kappa shape index (κ2) is 7.17. The van der Waals surface area contributed by atoms with Gasteiger partial charge in [0.2, 0.25) is 0 Å². The molecule has 0 radical (unpaired) electrons. The predicted molar refractivity (Wildman–Crippen MR) is 73.6 cm³/mol. The normalized spacial score (nSPS) is 10.2. The van der Waals surface area contributed by atoms with Crippen molar-refractivity contribution in [1.29, 1.82) is 0 Å². The number of benzene rings is 1. The molecule has 0 aromatic heterocycles. The SMILES string of the molecule is COc1cccc(C=NNC(N)=S)c1OCC(=O)O. The first-order chi connectivity index (χ1) is 9.04. The number of carboxylic acid groups (broad SMARTS) is 1. The van der Waals surface area contributed by atoms with Gasteiger partial charge in [-0.3, -0.25) is 5.43 Å². The van der Waals surface area contributed by atoms with Crippen LogP contribution in [0.4, 0.5) is 0 Å². The summed E-state index contributed by atoms with van der Waals surface area (Å²) in [5.74, 6) is -0.406. The molecule has 102 valence electrons. The minimum atomic E-state index is -1.09. The quantitative estimate of drug-likeness (QED) is 0.392. The highest BCUT2D eigenvalue weighted by molar-refractivity contribution is 7.80. The van der Waals surface area contributed by atoms with E-state index < -0.39 is 12.6 Å². The summed E-state index contributed by atoms with van der Waals surface area (Å²) < 4.78 is 10.3. The van der Waals surface area contributed by atoms with Gasteiger partial charge in [0.15, 0.2) is 23.2 Å². The van der Waals surface area contributed by atoms with Crippen LogP contribution in [0, 0.1) is 0 Å². The molecule has 0 heterocycles. The van der Waals surface area contributed by atoms with Crippen molar-refractivity contribution < 1.29 is 19.4 Å². The fourth-order valence-corrected chi connectivity index (χ4v) is 1.30. The Morgan fingerprint density at radius 1 is 1.63 bits per heavy atom. The highest BCUT2D eigenvalue weighted by Crippen LogP contribution is 2.29. The number of nitrogens with two attached hydrogens (primary N) is 1. The number of carboxylic acids is 1. The largest absolute Gasteiger partial charge is 0.493 e. The average molecular weight is 283 g/mol. The van der Waals surface area contributed by atoms with Crippen LogP contribution in [-0.4, -0.2) is 36.1 Å². The number of hydrogen-bond donors (Lipinski definition) is 3. The molecule has 19 heavy (non-hydrogen) atoms. The van der Waals surface area contributed by atoms with Gasteiger partial charge in [0.25, 0.3) is 0 Å². The Hall–Kier alpha value is -2.35. The first-order valence-corrected chi connectivity index (χ1v) is 5.55. The highest BCUT2D eigenvalue weighted by atomic mass is 32.1. The minimum absolute atomic E-state index is 0.0205. The van der Waals surface area contributed by atoms with Crippen LogP contribution in [0.2, 0.25) is 0 Å². The lowest BCUT2D eigenvalue weighted by Gasteiger charge is -2.11. The van der Waals surface area contributed by atoms with Gasteiger partial charge in [0.1, 0.15) is 0 Å². The molecule has 8 heteroatoms. The van der Waals surface area contributed by atoms with E-state index in [2.05, 4.69) is 22.7 Å². The second-order valence-electron chi connectivity index (χ2n) is 3.30. The maximum atomic E-state index is 10.5. The third-order valence-electron chi connectivity index (χ3n) is 1.95. The van der Waals surface area contributed by atoms with E-state index >= 15 is 0 Å². The van der Waals surface area contributed by atoms with Crippen LogP contribution in [-0.2, 0) is 4.79 Å². The fourth-order valence-electron chi connectivity index (χ4n) is 1.25. The summed E-state index contributed by atoms with van der Waals surface area (Å²) in [5.41, 5.74) is 8.14. The van der Waals surface area contributed by atoms with Gasteiger partial charge in [0.05, 0.1) is 13.3 Å². The van der Waals surface area contributed by atoms with E-state index in [-0.39, 0.29) is 10.9 Å². The Morgan fingerprint density at radius 3 is 2.95 bits per heavy atom. The number of nitrogens with zero attached hydrogens (tertiary/aromatic N) is 1. The molecule has 0 spiro atoms.